The molecule has 0 N–H and O–H groups in total. The van der Waals surface area contributed by atoms with Gasteiger partial charge in [-0.1, -0.05) is 71.3 Å². The Balaban J connectivity index is 1.44. The van der Waals surface area contributed by atoms with Crippen molar-refractivity contribution in [2.45, 2.75) is 129 Å². The molecule has 1 aromatic carbocycles. The highest BCUT2D eigenvalue weighted by Crippen LogP contribution is 2.33. The van der Waals surface area contributed by atoms with Gasteiger partial charge < -0.3 is 9.47 Å². The zero-order valence-electron chi connectivity index (χ0n) is 24.8. The van der Waals surface area contributed by atoms with Gasteiger partial charge in [-0.2, -0.15) is 0 Å². The van der Waals surface area contributed by atoms with Crippen LogP contribution in [-0.4, -0.2) is 37.1 Å². The van der Waals surface area contributed by atoms with E-state index in [1.807, 2.05) is 6.07 Å². The number of benzene rings is 1. The maximum absolute atomic E-state index is 15.1. The van der Waals surface area contributed by atoms with Crippen molar-refractivity contribution in [1.82, 2.24) is 4.98 Å². The number of alkyl halides is 1. The fourth-order valence-corrected chi connectivity index (χ4v) is 5.43. The Hall–Kier alpha value is -1.92. The summed E-state index contributed by atoms with van der Waals surface area (Å²) in [4.78, 5) is 4.47. The Morgan fingerprint density at radius 1 is 0.900 bits per heavy atom. The molecule has 0 fully saturated rings. The lowest BCUT2D eigenvalue weighted by Gasteiger charge is -2.26. The fourth-order valence-electron chi connectivity index (χ4n) is 5.43. The number of hydrogen-bond donors (Lipinski definition) is 0. The number of nitrogens with zero attached hydrogens (tertiary/aromatic N) is 1. The van der Waals surface area contributed by atoms with Gasteiger partial charge in [0.1, 0.15) is 6.17 Å². The van der Waals surface area contributed by atoms with Crippen LogP contribution >= 0.6 is 0 Å². The number of aryl methyl sites for hydroxylation is 2. The van der Waals surface area contributed by atoms with Crippen molar-refractivity contribution in [3.8, 4) is 11.3 Å². The van der Waals surface area contributed by atoms with E-state index < -0.39 is 17.8 Å². The molecule has 1 aromatic heterocycles. The number of hydrogen-bond acceptors (Lipinski definition) is 3. The van der Waals surface area contributed by atoms with Gasteiger partial charge >= 0.3 is 0 Å². The number of ether oxygens (including phenoxy) is 2. The molecule has 1 aliphatic carbocycles. The number of pyridine rings is 1. The first-order valence-electron chi connectivity index (χ1n) is 15.8. The Bertz CT molecular complexity index is 982. The van der Waals surface area contributed by atoms with Gasteiger partial charge in [0.25, 0.3) is 0 Å². The molecule has 3 nitrogen and oxygen atoms in total. The summed E-state index contributed by atoms with van der Waals surface area (Å²) in [6.45, 7) is 6.04. The predicted molar refractivity (Wildman–Crippen MR) is 158 cm³/mol. The molecule has 0 amide bonds. The monoisotopic (exact) mass is 561 g/mol. The Morgan fingerprint density at radius 3 is 2.33 bits per heavy atom. The number of aromatic nitrogens is 1. The highest BCUT2D eigenvalue weighted by Gasteiger charge is 2.27. The molecule has 2 unspecified atom stereocenters. The third kappa shape index (κ3) is 10.8. The van der Waals surface area contributed by atoms with E-state index >= 15 is 8.78 Å². The van der Waals surface area contributed by atoms with Crippen LogP contribution in [0.5, 0.6) is 0 Å². The smallest absolute Gasteiger partial charge is 0.168 e. The van der Waals surface area contributed by atoms with Gasteiger partial charge in [0.05, 0.1) is 18.4 Å². The molecular formula is C34H50F3NO2. The first kappa shape index (κ1) is 32.6. The van der Waals surface area contributed by atoms with E-state index in [0.717, 1.165) is 82.1 Å². The van der Waals surface area contributed by atoms with Crippen LogP contribution in [0.25, 0.3) is 11.3 Å². The van der Waals surface area contributed by atoms with Crippen LogP contribution in [0.15, 0.2) is 24.4 Å². The molecule has 0 saturated carbocycles. The standard InChI is InChI=1S/C34H50F3NO2/c1-3-5-7-11-15-28(35)25-40-29-18-17-27-22-31(34(37)33(36)30(27)23-29)32-19-16-26(24-38-32)14-10-9-13-21-39-20-12-8-6-4-2/h16,19,22,24,28-29H,3-15,17-18,20-21,23,25H2,1-2H3. The Morgan fingerprint density at radius 2 is 1.62 bits per heavy atom. The molecule has 0 bridgehead atoms. The summed E-state index contributed by atoms with van der Waals surface area (Å²) in [5, 5.41) is 0. The third-order valence-corrected chi connectivity index (χ3v) is 7.95. The van der Waals surface area contributed by atoms with Gasteiger partial charge in [0.15, 0.2) is 11.6 Å². The van der Waals surface area contributed by atoms with Crippen molar-refractivity contribution >= 4 is 0 Å². The number of halogens is 3. The van der Waals surface area contributed by atoms with Crippen LogP contribution in [0.4, 0.5) is 13.2 Å². The molecular weight excluding hydrogens is 511 g/mol. The summed E-state index contributed by atoms with van der Waals surface area (Å²) in [6, 6.07) is 5.48. The van der Waals surface area contributed by atoms with Gasteiger partial charge in [0.2, 0.25) is 0 Å². The number of rotatable bonds is 20. The van der Waals surface area contributed by atoms with E-state index in [4.69, 9.17) is 9.47 Å². The topological polar surface area (TPSA) is 31.4 Å². The van der Waals surface area contributed by atoms with Crippen molar-refractivity contribution in [2.75, 3.05) is 19.8 Å². The molecule has 2 atom stereocenters. The minimum Gasteiger partial charge on any atom is -0.381 e. The average molecular weight is 562 g/mol. The quantitative estimate of drug-likeness (QED) is 0.151. The molecule has 0 aliphatic heterocycles. The summed E-state index contributed by atoms with van der Waals surface area (Å²) >= 11 is 0. The zero-order valence-corrected chi connectivity index (χ0v) is 24.8. The molecule has 3 rings (SSSR count). The summed E-state index contributed by atoms with van der Waals surface area (Å²) in [5.74, 6) is -1.69. The highest BCUT2D eigenvalue weighted by molar-refractivity contribution is 5.63. The third-order valence-electron chi connectivity index (χ3n) is 7.95. The fraction of sp³-hybridized carbons (Fsp3) is 0.676. The molecule has 224 valence electrons. The summed E-state index contributed by atoms with van der Waals surface area (Å²) in [6.07, 6.45) is 15.7. The van der Waals surface area contributed by atoms with Crippen LogP contribution in [0, 0.1) is 11.6 Å². The summed E-state index contributed by atoms with van der Waals surface area (Å²) in [5.41, 5.74) is 2.90. The van der Waals surface area contributed by atoms with Crippen LogP contribution in [0.1, 0.15) is 114 Å². The van der Waals surface area contributed by atoms with Gasteiger partial charge in [-0.05, 0) is 73.8 Å². The number of unbranched alkanes of at least 4 members (excludes halogenated alkanes) is 8. The molecule has 0 saturated heterocycles. The lowest BCUT2D eigenvalue weighted by atomic mass is 9.87. The van der Waals surface area contributed by atoms with Gasteiger partial charge in [-0.25, -0.2) is 13.2 Å². The van der Waals surface area contributed by atoms with E-state index in [0.29, 0.717) is 30.5 Å². The Kier molecular flexibility index (Phi) is 15.1. The van der Waals surface area contributed by atoms with Crippen LogP contribution in [0.2, 0.25) is 0 Å². The van der Waals surface area contributed by atoms with E-state index in [9.17, 15) is 4.39 Å². The summed E-state index contributed by atoms with van der Waals surface area (Å²) in [7, 11) is 0. The second-order valence-electron chi connectivity index (χ2n) is 11.4. The van der Waals surface area contributed by atoms with E-state index in [-0.39, 0.29) is 24.7 Å². The van der Waals surface area contributed by atoms with Crippen LogP contribution in [-0.2, 0) is 28.7 Å². The van der Waals surface area contributed by atoms with Gasteiger partial charge in [-0.15, -0.1) is 0 Å². The molecule has 1 aliphatic rings. The molecule has 0 spiro atoms. The zero-order chi connectivity index (χ0) is 28.6. The van der Waals surface area contributed by atoms with Crippen LogP contribution in [0.3, 0.4) is 0 Å². The maximum Gasteiger partial charge on any atom is 0.168 e. The van der Waals surface area contributed by atoms with Crippen molar-refractivity contribution in [1.29, 1.82) is 0 Å². The molecule has 6 heteroatoms. The average Bonchev–Trinajstić information content (AvgIpc) is 2.97. The minimum absolute atomic E-state index is 0.0253. The summed E-state index contributed by atoms with van der Waals surface area (Å²) < 4.78 is 56.0. The van der Waals surface area contributed by atoms with E-state index in [1.165, 1.54) is 19.3 Å². The second-order valence-corrected chi connectivity index (χ2v) is 11.4. The van der Waals surface area contributed by atoms with Crippen molar-refractivity contribution in [2.24, 2.45) is 0 Å². The lowest BCUT2D eigenvalue weighted by Crippen LogP contribution is -2.27. The van der Waals surface area contributed by atoms with Gasteiger partial charge in [-0.3, -0.25) is 4.98 Å². The molecule has 0 radical (unpaired) electrons. The molecule has 40 heavy (non-hydrogen) atoms. The molecule has 2 aromatic rings. The maximum atomic E-state index is 15.1. The normalized spacial score (nSPS) is 15.8. The Labute approximate surface area is 240 Å². The van der Waals surface area contributed by atoms with Crippen molar-refractivity contribution < 1.29 is 22.6 Å². The van der Waals surface area contributed by atoms with Gasteiger partial charge in [0, 0.05) is 31.4 Å². The molecule has 1 heterocycles. The first-order chi connectivity index (χ1) is 19.5. The first-order valence-corrected chi connectivity index (χ1v) is 15.8. The van der Waals surface area contributed by atoms with Crippen molar-refractivity contribution in [3.63, 3.8) is 0 Å². The lowest BCUT2D eigenvalue weighted by molar-refractivity contribution is 0.00865. The SMILES string of the molecule is CCCCCCOCCCCCc1ccc(-c2cc3c(c(F)c2F)CC(OCC(F)CCCCCC)CC3)nc1. The van der Waals surface area contributed by atoms with Crippen molar-refractivity contribution in [3.05, 3.63) is 52.7 Å². The van der Waals surface area contributed by atoms with Crippen LogP contribution < -0.4 is 0 Å². The number of fused-ring (bicyclic) bond motifs is 1. The van der Waals surface area contributed by atoms with E-state index in [1.54, 1.807) is 18.3 Å². The largest absolute Gasteiger partial charge is 0.381 e. The predicted octanol–water partition coefficient (Wildman–Crippen LogP) is 9.52. The second kappa shape index (κ2) is 18.5. The minimum atomic E-state index is -1.00. The van der Waals surface area contributed by atoms with E-state index in [2.05, 4.69) is 18.8 Å². The highest BCUT2D eigenvalue weighted by atomic mass is 19.2.